The minimum Gasteiger partial charge on any atom is -0.166 e. The van der Waals surface area contributed by atoms with Crippen molar-refractivity contribution >= 4 is 23.7 Å². The summed E-state index contributed by atoms with van der Waals surface area (Å²) in [7, 11) is 0. The van der Waals surface area contributed by atoms with Crippen LogP contribution in [0.5, 0.6) is 0 Å². The summed E-state index contributed by atoms with van der Waals surface area (Å²) in [5.41, 5.74) is 0. The van der Waals surface area contributed by atoms with Gasteiger partial charge in [0.25, 0.3) is 0 Å². The summed E-state index contributed by atoms with van der Waals surface area (Å²) in [5, 5.41) is 0. The Morgan fingerprint density at radius 1 is 0.692 bits per heavy atom. The standard InChI is InChI=1S/C10H22.Cl2O/c1-3-5-7-9-10-8-6-4-2;1-3-2/h3-10H2,1-2H3;. The topological polar surface area (TPSA) is 9.23 Å². The Balaban J connectivity index is 0. The van der Waals surface area contributed by atoms with Gasteiger partial charge in [0, 0.05) is 0 Å². The van der Waals surface area contributed by atoms with Crippen LogP contribution in [0.2, 0.25) is 0 Å². The third-order valence-electron chi connectivity index (χ3n) is 1.96. The summed E-state index contributed by atoms with van der Waals surface area (Å²) in [4.78, 5) is 0. The Kier molecular flexibility index (Phi) is 22.6. The van der Waals surface area contributed by atoms with Gasteiger partial charge in [0.15, 0.2) is 0 Å². The molecule has 0 atom stereocenters. The molecule has 0 unspecified atom stereocenters. The monoisotopic (exact) mass is 228 g/mol. The molecule has 0 amide bonds. The maximum atomic E-state index is 4.26. The molecule has 0 aromatic carbocycles. The lowest BCUT2D eigenvalue weighted by Gasteiger charge is -1.97. The Bertz CT molecular complexity index is 61.9. The highest BCUT2D eigenvalue weighted by Crippen LogP contribution is 2.07. The molecular weight excluding hydrogens is 207 g/mol. The van der Waals surface area contributed by atoms with Gasteiger partial charge in [-0.25, -0.2) is 0 Å². The highest BCUT2D eigenvalue weighted by Gasteiger charge is 1.87. The van der Waals surface area contributed by atoms with Crippen LogP contribution in [0.3, 0.4) is 0 Å². The molecule has 0 bridgehead atoms. The minimum absolute atomic E-state index is 1.37. The van der Waals surface area contributed by atoms with Gasteiger partial charge < -0.3 is 0 Å². The fourth-order valence-corrected chi connectivity index (χ4v) is 1.21. The second kappa shape index (κ2) is 18.3. The predicted molar refractivity (Wildman–Crippen MR) is 61.1 cm³/mol. The molecule has 82 valence electrons. The smallest absolute Gasteiger partial charge is 0.0832 e. The van der Waals surface area contributed by atoms with Crippen molar-refractivity contribution in [2.45, 2.75) is 65.2 Å². The van der Waals surface area contributed by atoms with Crippen molar-refractivity contribution in [3.05, 3.63) is 0 Å². The quantitative estimate of drug-likeness (QED) is 0.527. The molecule has 0 aliphatic heterocycles. The molecule has 0 N–H and O–H groups in total. The van der Waals surface area contributed by atoms with E-state index in [0.29, 0.717) is 0 Å². The molecule has 0 heterocycles. The van der Waals surface area contributed by atoms with E-state index in [0.717, 1.165) is 0 Å². The summed E-state index contributed by atoms with van der Waals surface area (Å²) in [6, 6.07) is 0. The van der Waals surface area contributed by atoms with Gasteiger partial charge in [0.2, 0.25) is 0 Å². The van der Waals surface area contributed by atoms with Gasteiger partial charge in [-0.3, -0.25) is 0 Å². The molecule has 0 spiro atoms. The second-order valence-electron chi connectivity index (χ2n) is 3.18. The van der Waals surface area contributed by atoms with Crippen LogP contribution >= 0.6 is 23.7 Å². The predicted octanol–water partition coefficient (Wildman–Crippen LogP) is 5.46. The van der Waals surface area contributed by atoms with Gasteiger partial charge in [-0.2, -0.15) is 3.84 Å². The zero-order valence-corrected chi connectivity index (χ0v) is 10.3. The lowest BCUT2D eigenvalue weighted by atomic mass is 10.1. The van der Waals surface area contributed by atoms with E-state index < -0.39 is 0 Å². The molecule has 0 saturated heterocycles. The van der Waals surface area contributed by atoms with E-state index in [-0.39, 0.29) is 0 Å². The number of unbranched alkanes of at least 4 members (excludes halogenated alkanes) is 7. The van der Waals surface area contributed by atoms with Crippen molar-refractivity contribution in [1.82, 2.24) is 0 Å². The van der Waals surface area contributed by atoms with Crippen molar-refractivity contribution in [3.63, 3.8) is 0 Å². The second-order valence-corrected chi connectivity index (χ2v) is 3.65. The lowest BCUT2D eigenvalue weighted by Crippen LogP contribution is -1.77. The molecule has 1 nitrogen and oxygen atoms in total. The van der Waals surface area contributed by atoms with Gasteiger partial charge in [0.1, 0.15) is 0 Å². The van der Waals surface area contributed by atoms with Crippen LogP contribution in [0, 0.1) is 0 Å². The third kappa shape index (κ3) is 24.5. The molecule has 0 aromatic rings. The van der Waals surface area contributed by atoms with Crippen molar-refractivity contribution in [2.75, 3.05) is 0 Å². The lowest BCUT2D eigenvalue weighted by molar-refractivity contribution is 0.585. The highest BCUT2D eigenvalue weighted by molar-refractivity contribution is 6.24. The van der Waals surface area contributed by atoms with E-state index in [4.69, 9.17) is 0 Å². The maximum Gasteiger partial charge on any atom is 0.0832 e. The zero-order valence-electron chi connectivity index (χ0n) is 8.82. The van der Waals surface area contributed by atoms with Crippen LogP contribution in [-0.2, 0) is 3.84 Å². The summed E-state index contributed by atoms with van der Waals surface area (Å²) >= 11 is 8.53. The number of hydrogen-bond donors (Lipinski definition) is 0. The van der Waals surface area contributed by atoms with Crippen LogP contribution in [0.15, 0.2) is 0 Å². The van der Waals surface area contributed by atoms with E-state index in [1.807, 2.05) is 0 Å². The highest BCUT2D eigenvalue weighted by atomic mass is 35.6. The summed E-state index contributed by atoms with van der Waals surface area (Å²) in [6.45, 7) is 4.54. The van der Waals surface area contributed by atoms with Crippen LogP contribution in [0.4, 0.5) is 0 Å². The first kappa shape index (κ1) is 16.0. The third-order valence-corrected chi connectivity index (χ3v) is 1.96. The minimum atomic E-state index is 1.37. The molecule has 0 aromatic heterocycles. The van der Waals surface area contributed by atoms with Gasteiger partial charge in [0.05, 0.1) is 23.7 Å². The molecule has 0 saturated carbocycles. The van der Waals surface area contributed by atoms with Crippen LogP contribution in [0.1, 0.15) is 65.2 Å². The molecule has 0 aliphatic carbocycles. The average Bonchev–Trinajstić information content (AvgIpc) is 2.13. The van der Waals surface area contributed by atoms with Crippen molar-refractivity contribution in [1.29, 1.82) is 0 Å². The molecule has 3 heteroatoms. The summed E-state index contributed by atoms with van der Waals surface area (Å²) < 4.78 is 3.19. The summed E-state index contributed by atoms with van der Waals surface area (Å²) in [6.07, 6.45) is 11.5. The van der Waals surface area contributed by atoms with Crippen LogP contribution in [0.25, 0.3) is 0 Å². The molecule has 13 heavy (non-hydrogen) atoms. The van der Waals surface area contributed by atoms with E-state index in [2.05, 4.69) is 41.4 Å². The summed E-state index contributed by atoms with van der Waals surface area (Å²) in [5.74, 6) is 0. The normalized spacial score (nSPS) is 9.23. The zero-order chi connectivity index (χ0) is 10.4. The Labute approximate surface area is 93.1 Å². The van der Waals surface area contributed by atoms with Gasteiger partial charge in [-0.15, -0.1) is 0 Å². The number of halogens is 2. The molecule has 0 aliphatic rings. The van der Waals surface area contributed by atoms with Crippen LogP contribution < -0.4 is 0 Å². The van der Waals surface area contributed by atoms with E-state index in [9.17, 15) is 0 Å². The van der Waals surface area contributed by atoms with Gasteiger partial charge in [-0.1, -0.05) is 65.2 Å². The molecule has 0 rings (SSSR count). The van der Waals surface area contributed by atoms with Crippen LogP contribution in [-0.4, -0.2) is 0 Å². The molecular formula is C10H22Cl2O. The van der Waals surface area contributed by atoms with E-state index in [1.165, 1.54) is 51.4 Å². The first-order chi connectivity index (χ1) is 6.33. The van der Waals surface area contributed by atoms with Gasteiger partial charge in [-0.05, 0) is 0 Å². The Morgan fingerprint density at radius 3 is 1.15 bits per heavy atom. The fraction of sp³-hybridized carbons (Fsp3) is 1.00. The Morgan fingerprint density at radius 2 is 0.923 bits per heavy atom. The first-order valence-corrected chi connectivity index (χ1v) is 5.84. The average molecular weight is 229 g/mol. The fourth-order valence-electron chi connectivity index (χ4n) is 1.21. The largest absolute Gasteiger partial charge is 0.166 e. The number of rotatable bonds is 7. The van der Waals surface area contributed by atoms with Crippen molar-refractivity contribution in [3.8, 4) is 0 Å². The molecule has 0 fully saturated rings. The first-order valence-electron chi connectivity index (χ1n) is 5.22. The number of hydrogen-bond acceptors (Lipinski definition) is 1. The van der Waals surface area contributed by atoms with E-state index in [1.54, 1.807) is 0 Å². The molecule has 0 radical (unpaired) electrons. The van der Waals surface area contributed by atoms with E-state index >= 15 is 0 Å². The maximum absolute atomic E-state index is 4.26. The Hall–Kier alpha value is 0.540. The van der Waals surface area contributed by atoms with Crippen molar-refractivity contribution in [2.24, 2.45) is 0 Å². The van der Waals surface area contributed by atoms with Crippen molar-refractivity contribution < 1.29 is 3.84 Å². The van der Waals surface area contributed by atoms with Gasteiger partial charge >= 0.3 is 0 Å². The SMILES string of the molecule is CCCCCCCCCC.ClOCl.